The van der Waals surface area contributed by atoms with Crippen molar-refractivity contribution >= 4 is 0 Å². The molecule has 0 bridgehead atoms. The third-order valence-corrected chi connectivity index (χ3v) is 3.11. The van der Waals surface area contributed by atoms with E-state index in [1.165, 1.54) is 6.07 Å². The molecule has 0 fully saturated rings. The molecule has 1 N–H and O–H groups in total. The molecule has 0 atom stereocenters. The summed E-state index contributed by atoms with van der Waals surface area (Å²) in [6.07, 6.45) is 1.52. The molecular formula is C16H18FN3O. The largest absolute Gasteiger partial charge is 0.384 e. The van der Waals surface area contributed by atoms with Crippen molar-refractivity contribution in [3.05, 3.63) is 46.8 Å². The fraction of sp³-hybridized carbons (Fsp3) is 0.375. The minimum atomic E-state index is -0.324. The maximum Gasteiger partial charge on any atom is 0.150 e. The second kappa shape index (κ2) is 7.00. The predicted molar refractivity (Wildman–Crippen MR) is 78.2 cm³/mol. The van der Waals surface area contributed by atoms with Crippen molar-refractivity contribution in [1.29, 1.82) is 0 Å². The molecule has 0 amide bonds. The van der Waals surface area contributed by atoms with Crippen LogP contribution < -0.4 is 0 Å². The molecule has 2 aromatic rings. The zero-order valence-electron chi connectivity index (χ0n) is 12.2. The molecule has 5 heteroatoms. The van der Waals surface area contributed by atoms with E-state index in [0.717, 1.165) is 24.5 Å². The number of nitrogens with zero attached hydrogens (tertiary/aromatic N) is 3. The van der Waals surface area contributed by atoms with Gasteiger partial charge >= 0.3 is 0 Å². The van der Waals surface area contributed by atoms with Crippen LogP contribution in [-0.2, 0) is 19.4 Å². The van der Waals surface area contributed by atoms with Crippen LogP contribution in [0.3, 0.4) is 0 Å². The summed E-state index contributed by atoms with van der Waals surface area (Å²) >= 11 is 0. The normalized spacial score (nSPS) is 10.3. The summed E-state index contributed by atoms with van der Waals surface area (Å²) in [5, 5.41) is 13.0. The Hall–Kier alpha value is -2.19. The van der Waals surface area contributed by atoms with Crippen LogP contribution in [0.25, 0.3) is 0 Å². The highest BCUT2D eigenvalue weighted by Crippen LogP contribution is 2.13. The van der Waals surface area contributed by atoms with Gasteiger partial charge in [0.15, 0.2) is 5.82 Å². The van der Waals surface area contributed by atoms with Gasteiger partial charge in [-0.15, -0.1) is 0 Å². The van der Waals surface area contributed by atoms with Crippen LogP contribution in [0.1, 0.15) is 36.6 Å². The van der Waals surface area contributed by atoms with Crippen molar-refractivity contribution in [2.24, 2.45) is 0 Å². The first-order chi connectivity index (χ1) is 10.2. The Kier molecular flexibility index (Phi) is 5.07. The zero-order chi connectivity index (χ0) is 15.2. The van der Waals surface area contributed by atoms with Gasteiger partial charge in [-0.3, -0.25) is 0 Å². The van der Waals surface area contributed by atoms with E-state index in [1.54, 1.807) is 16.8 Å². The molecule has 0 aliphatic rings. The Labute approximate surface area is 123 Å². The molecule has 1 aromatic heterocycles. The lowest BCUT2D eigenvalue weighted by Gasteiger charge is -2.06. The third-order valence-electron chi connectivity index (χ3n) is 3.11. The fourth-order valence-electron chi connectivity index (χ4n) is 2.02. The van der Waals surface area contributed by atoms with Gasteiger partial charge in [0.25, 0.3) is 0 Å². The molecule has 4 nitrogen and oxygen atoms in total. The van der Waals surface area contributed by atoms with Crippen molar-refractivity contribution in [3.63, 3.8) is 0 Å². The van der Waals surface area contributed by atoms with E-state index in [4.69, 9.17) is 5.11 Å². The summed E-state index contributed by atoms with van der Waals surface area (Å²) in [7, 11) is 0. The average molecular weight is 287 g/mol. The monoisotopic (exact) mass is 287 g/mol. The van der Waals surface area contributed by atoms with Gasteiger partial charge in [-0.05, 0) is 12.1 Å². The van der Waals surface area contributed by atoms with Crippen LogP contribution in [0.2, 0.25) is 0 Å². The van der Waals surface area contributed by atoms with Gasteiger partial charge in [-0.2, -0.15) is 5.10 Å². The Morgan fingerprint density at radius 3 is 2.71 bits per heavy atom. The van der Waals surface area contributed by atoms with Crippen LogP contribution in [-0.4, -0.2) is 26.5 Å². The van der Waals surface area contributed by atoms with Gasteiger partial charge in [0.05, 0.1) is 6.54 Å². The molecule has 0 saturated carbocycles. The summed E-state index contributed by atoms with van der Waals surface area (Å²) in [6.45, 7) is 4.12. The molecule has 21 heavy (non-hydrogen) atoms. The van der Waals surface area contributed by atoms with E-state index in [2.05, 4.69) is 21.9 Å². The van der Waals surface area contributed by atoms with Crippen LogP contribution >= 0.6 is 0 Å². The van der Waals surface area contributed by atoms with Crippen LogP contribution in [0.5, 0.6) is 0 Å². The van der Waals surface area contributed by atoms with Gasteiger partial charge in [0.1, 0.15) is 18.2 Å². The Morgan fingerprint density at radius 2 is 2.10 bits per heavy atom. The highest BCUT2D eigenvalue weighted by Gasteiger charge is 2.10. The maximum absolute atomic E-state index is 14.1. The van der Waals surface area contributed by atoms with Crippen molar-refractivity contribution < 1.29 is 9.50 Å². The van der Waals surface area contributed by atoms with Gasteiger partial charge < -0.3 is 5.11 Å². The molecule has 0 aliphatic heterocycles. The minimum Gasteiger partial charge on any atom is -0.384 e. The molecule has 0 spiro atoms. The number of aryl methyl sites for hydroxylation is 2. The van der Waals surface area contributed by atoms with E-state index in [1.807, 2.05) is 13.8 Å². The highest BCUT2D eigenvalue weighted by atomic mass is 19.1. The lowest BCUT2D eigenvalue weighted by atomic mass is 10.1. The molecule has 0 radical (unpaired) electrons. The SMILES string of the molecule is CCc1nc(CC)n(Cc2ccc(C#CCO)cc2F)n1. The summed E-state index contributed by atoms with van der Waals surface area (Å²) in [6, 6.07) is 4.81. The van der Waals surface area contributed by atoms with Crippen LogP contribution in [0, 0.1) is 17.7 Å². The highest BCUT2D eigenvalue weighted by molar-refractivity contribution is 5.37. The first-order valence-corrected chi connectivity index (χ1v) is 6.98. The second-order valence-electron chi connectivity index (χ2n) is 4.58. The maximum atomic E-state index is 14.1. The number of aliphatic hydroxyl groups is 1. The fourth-order valence-corrected chi connectivity index (χ4v) is 2.02. The smallest absolute Gasteiger partial charge is 0.150 e. The van der Waals surface area contributed by atoms with Crippen molar-refractivity contribution in [1.82, 2.24) is 14.8 Å². The van der Waals surface area contributed by atoms with Crippen molar-refractivity contribution in [3.8, 4) is 11.8 Å². The first kappa shape index (κ1) is 15.2. The number of hydrogen-bond donors (Lipinski definition) is 1. The molecule has 0 unspecified atom stereocenters. The number of aliphatic hydroxyl groups excluding tert-OH is 1. The van der Waals surface area contributed by atoms with Gasteiger partial charge in [-0.1, -0.05) is 31.8 Å². The van der Waals surface area contributed by atoms with Gasteiger partial charge in [0.2, 0.25) is 0 Å². The van der Waals surface area contributed by atoms with Gasteiger partial charge in [-0.25, -0.2) is 14.1 Å². The van der Waals surface area contributed by atoms with Crippen molar-refractivity contribution in [2.75, 3.05) is 6.61 Å². The summed E-state index contributed by atoms with van der Waals surface area (Å²) in [5.74, 6) is 6.50. The lowest BCUT2D eigenvalue weighted by molar-refractivity contribution is 0.350. The Bertz CT molecular complexity index is 683. The topological polar surface area (TPSA) is 50.9 Å². The van der Waals surface area contributed by atoms with Gasteiger partial charge in [0, 0.05) is 24.0 Å². The standard InChI is InChI=1S/C16H18FN3O/c1-3-15-18-16(4-2)20(19-15)11-13-8-7-12(6-5-9-21)10-14(13)17/h7-8,10,21H,3-4,9,11H2,1-2H3. The Balaban J connectivity index is 2.25. The van der Waals surface area contributed by atoms with E-state index in [-0.39, 0.29) is 12.4 Å². The van der Waals surface area contributed by atoms with E-state index < -0.39 is 0 Å². The molecule has 0 saturated heterocycles. The zero-order valence-corrected chi connectivity index (χ0v) is 12.2. The molecular weight excluding hydrogens is 269 g/mol. The summed E-state index contributed by atoms with van der Waals surface area (Å²) in [4.78, 5) is 4.41. The average Bonchev–Trinajstić information content (AvgIpc) is 2.90. The van der Waals surface area contributed by atoms with E-state index >= 15 is 0 Å². The van der Waals surface area contributed by atoms with Crippen LogP contribution in [0.15, 0.2) is 18.2 Å². The molecule has 1 aromatic carbocycles. The minimum absolute atomic E-state index is 0.234. The Morgan fingerprint density at radius 1 is 1.29 bits per heavy atom. The van der Waals surface area contributed by atoms with E-state index in [0.29, 0.717) is 17.7 Å². The summed E-state index contributed by atoms with van der Waals surface area (Å²) in [5.41, 5.74) is 1.10. The number of aromatic nitrogens is 3. The molecule has 1 heterocycles. The number of rotatable bonds is 4. The number of halogens is 1. The number of benzene rings is 1. The lowest BCUT2D eigenvalue weighted by Crippen LogP contribution is -2.08. The van der Waals surface area contributed by atoms with Crippen molar-refractivity contribution in [2.45, 2.75) is 33.2 Å². The van der Waals surface area contributed by atoms with E-state index in [9.17, 15) is 4.39 Å². The molecule has 110 valence electrons. The predicted octanol–water partition coefficient (Wildman–Crippen LogP) is 1.93. The molecule has 2 rings (SSSR count). The third kappa shape index (κ3) is 3.67. The first-order valence-electron chi connectivity index (χ1n) is 6.98. The quantitative estimate of drug-likeness (QED) is 0.874. The summed E-state index contributed by atoms with van der Waals surface area (Å²) < 4.78 is 15.8. The molecule has 0 aliphatic carbocycles. The number of hydrogen-bond acceptors (Lipinski definition) is 3. The van der Waals surface area contributed by atoms with Crippen LogP contribution in [0.4, 0.5) is 4.39 Å². The second-order valence-corrected chi connectivity index (χ2v) is 4.58.